The molecule has 0 aliphatic carbocycles. The number of sulfonamides is 1. The summed E-state index contributed by atoms with van der Waals surface area (Å²) in [6, 6.07) is 29.7. The van der Waals surface area contributed by atoms with Crippen LogP contribution in [0.25, 0.3) is 11.1 Å². The number of para-hydroxylation sites is 1. The van der Waals surface area contributed by atoms with Crippen molar-refractivity contribution in [3.8, 4) is 22.9 Å². The number of nitrogens with zero attached hydrogens (tertiary/aromatic N) is 2. The molecule has 0 N–H and O–H groups in total. The van der Waals surface area contributed by atoms with Crippen LogP contribution in [0.5, 0.6) is 5.75 Å². The van der Waals surface area contributed by atoms with E-state index in [0.29, 0.717) is 23.5 Å². The zero-order chi connectivity index (χ0) is 25.1. The molecule has 0 saturated carbocycles. The van der Waals surface area contributed by atoms with Crippen LogP contribution in [0, 0.1) is 11.3 Å². The van der Waals surface area contributed by atoms with Gasteiger partial charge in [0.05, 0.1) is 27.8 Å². The molecule has 0 bridgehead atoms. The van der Waals surface area contributed by atoms with Gasteiger partial charge in [0.15, 0.2) is 0 Å². The Balaban J connectivity index is 1.29. The molecule has 0 unspecified atom stereocenters. The zero-order valence-electron chi connectivity index (χ0n) is 19.3. The number of carbonyl (C=O) groups excluding carboxylic acids is 1. The van der Waals surface area contributed by atoms with E-state index < -0.39 is 16.0 Å². The smallest absolute Gasteiger partial charge is 0.343 e. The fraction of sp³-hybridized carbons (Fsp3) is 0.103. The first-order valence-corrected chi connectivity index (χ1v) is 12.9. The van der Waals surface area contributed by atoms with Crippen LogP contribution in [0.3, 0.4) is 0 Å². The number of anilines is 1. The van der Waals surface area contributed by atoms with Crippen molar-refractivity contribution < 1.29 is 17.9 Å². The molecule has 178 valence electrons. The maximum absolute atomic E-state index is 13.3. The molecule has 0 radical (unpaired) electrons. The summed E-state index contributed by atoms with van der Waals surface area (Å²) in [5.74, 6) is -0.201. The lowest BCUT2D eigenvalue weighted by Crippen LogP contribution is -2.35. The Hall–Kier alpha value is -4.41. The van der Waals surface area contributed by atoms with E-state index >= 15 is 0 Å². The SMILES string of the molecule is N#Cc1ccc(-c2ccc(OC(=O)c3ccc(S(=O)(=O)N4CCCc5ccccc54)cc3)cc2)cc1. The van der Waals surface area contributed by atoms with Gasteiger partial charge in [-0.2, -0.15) is 5.26 Å². The standard InChI is InChI=1S/C29H22N2O4S/c30-20-21-7-9-22(10-8-21)23-11-15-26(16-12-23)35-29(32)25-13-17-27(18-14-25)36(33,34)31-19-3-5-24-4-1-2-6-28(24)31/h1-2,4,6-18H,3,5,19H2. The van der Waals surface area contributed by atoms with Crippen LogP contribution >= 0.6 is 0 Å². The van der Waals surface area contributed by atoms with E-state index in [9.17, 15) is 13.2 Å². The Bertz CT molecular complexity index is 1550. The molecular formula is C29H22N2O4S. The third-order valence-corrected chi connectivity index (χ3v) is 7.99. The molecular weight excluding hydrogens is 472 g/mol. The van der Waals surface area contributed by atoms with Gasteiger partial charge < -0.3 is 4.74 Å². The highest BCUT2D eigenvalue weighted by molar-refractivity contribution is 7.92. The van der Waals surface area contributed by atoms with E-state index in [-0.39, 0.29) is 10.5 Å². The summed E-state index contributed by atoms with van der Waals surface area (Å²) < 4.78 is 33.5. The zero-order valence-corrected chi connectivity index (χ0v) is 20.1. The van der Waals surface area contributed by atoms with Crippen molar-refractivity contribution in [1.29, 1.82) is 5.26 Å². The van der Waals surface area contributed by atoms with Crippen LogP contribution in [-0.4, -0.2) is 20.9 Å². The number of nitriles is 1. The number of hydrogen-bond donors (Lipinski definition) is 0. The molecule has 6 nitrogen and oxygen atoms in total. The molecule has 0 saturated heterocycles. The van der Waals surface area contributed by atoms with E-state index in [2.05, 4.69) is 6.07 Å². The monoisotopic (exact) mass is 494 g/mol. The first kappa shape index (κ1) is 23.3. The molecule has 7 heteroatoms. The molecule has 0 aromatic heterocycles. The van der Waals surface area contributed by atoms with Crippen molar-refractivity contribution in [2.75, 3.05) is 10.8 Å². The second-order valence-electron chi connectivity index (χ2n) is 8.44. The molecule has 1 heterocycles. The fourth-order valence-corrected chi connectivity index (χ4v) is 5.80. The molecule has 0 amide bonds. The summed E-state index contributed by atoms with van der Waals surface area (Å²) in [4.78, 5) is 12.8. The minimum atomic E-state index is -3.75. The number of ether oxygens (including phenoxy) is 1. The highest BCUT2D eigenvalue weighted by atomic mass is 32.2. The van der Waals surface area contributed by atoms with E-state index in [1.165, 1.54) is 28.6 Å². The highest BCUT2D eigenvalue weighted by Crippen LogP contribution is 2.32. The van der Waals surface area contributed by atoms with Crippen molar-refractivity contribution in [3.63, 3.8) is 0 Å². The molecule has 4 aromatic carbocycles. The summed E-state index contributed by atoms with van der Waals surface area (Å²) in [7, 11) is -3.75. The summed E-state index contributed by atoms with van der Waals surface area (Å²) in [6.07, 6.45) is 1.60. The minimum Gasteiger partial charge on any atom is -0.423 e. The summed E-state index contributed by atoms with van der Waals surface area (Å²) in [5, 5.41) is 8.93. The van der Waals surface area contributed by atoms with Gasteiger partial charge in [0.2, 0.25) is 0 Å². The van der Waals surface area contributed by atoms with Crippen molar-refractivity contribution in [2.45, 2.75) is 17.7 Å². The molecule has 0 spiro atoms. The van der Waals surface area contributed by atoms with E-state index in [0.717, 1.165) is 29.5 Å². The van der Waals surface area contributed by atoms with Crippen molar-refractivity contribution >= 4 is 21.7 Å². The Kier molecular flexibility index (Phi) is 6.28. The average Bonchev–Trinajstić information content (AvgIpc) is 2.93. The third-order valence-electron chi connectivity index (χ3n) is 6.16. The number of aryl methyl sites for hydroxylation is 1. The molecule has 4 aromatic rings. The van der Waals surface area contributed by atoms with Crippen molar-refractivity contribution in [3.05, 3.63) is 114 Å². The second kappa shape index (κ2) is 9.68. The molecule has 36 heavy (non-hydrogen) atoms. The molecule has 0 atom stereocenters. The van der Waals surface area contributed by atoms with Gasteiger partial charge >= 0.3 is 5.97 Å². The number of hydrogen-bond acceptors (Lipinski definition) is 5. The maximum atomic E-state index is 13.3. The van der Waals surface area contributed by atoms with E-state index in [4.69, 9.17) is 10.00 Å². The number of fused-ring (bicyclic) bond motifs is 1. The molecule has 1 aliphatic heterocycles. The number of esters is 1. The largest absolute Gasteiger partial charge is 0.423 e. The lowest BCUT2D eigenvalue weighted by Gasteiger charge is -2.30. The van der Waals surface area contributed by atoms with Gasteiger partial charge in [0.25, 0.3) is 10.0 Å². The molecule has 0 fully saturated rings. The predicted octanol–water partition coefficient (Wildman–Crippen LogP) is 5.59. The quantitative estimate of drug-likeness (QED) is 0.267. The molecule has 5 rings (SSSR count). The van der Waals surface area contributed by atoms with E-state index in [1.807, 2.05) is 48.5 Å². The van der Waals surface area contributed by atoms with Crippen LogP contribution in [-0.2, 0) is 16.4 Å². The van der Waals surface area contributed by atoms with Gasteiger partial charge in [-0.25, -0.2) is 13.2 Å². The van der Waals surface area contributed by atoms with Crippen LogP contribution in [0.4, 0.5) is 5.69 Å². The van der Waals surface area contributed by atoms with Gasteiger partial charge in [-0.05, 0) is 84.1 Å². The summed E-state index contributed by atoms with van der Waals surface area (Å²) in [6.45, 7) is 0.418. The highest BCUT2D eigenvalue weighted by Gasteiger charge is 2.29. The number of rotatable bonds is 5. The first-order chi connectivity index (χ1) is 17.5. The van der Waals surface area contributed by atoms with Crippen molar-refractivity contribution in [1.82, 2.24) is 0 Å². The Morgan fingerprint density at radius 2 is 1.47 bits per heavy atom. The van der Waals surface area contributed by atoms with Gasteiger partial charge in [-0.1, -0.05) is 42.5 Å². The number of benzene rings is 4. The van der Waals surface area contributed by atoms with Gasteiger partial charge in [0.1, 0.15) is 5.75 Å². The van der Waals surface area contributed by atoms with E-state index in [1.54, 1.807) is 24.3 Å². The Morgan fingerprint density at radius 1 is 0.833 bits per heavy atom. The third kappa shape index (κ3) is 4.59. The van der Waals surface area contributed by atoms with Gasteiger partial charge in [-0.15, -0.1) is 0 Å². The van der Waals surface area contributed by atoms with Crippen LogP contribution in [0.1, 0.15) is 27.9 Å². The van der Waals surface area contributed by atoms with Crippen LogP contribution < -0.4 is 9.04 Å². The maximum Gasteiger partial charge on any atom is 0.343 e. The van der Waals surface area contributed by atoms with Gasteiger partial charge in [-0.3, -0.25) is 4.31 Å². The minimum absolute atomic E-state index is 0.127. The Labute approximate surface area is 210 Å². The first-order valence-electron chi connectivity index (χ1n) is 11.5. The second-order valence-corrected chi connectivity index (χ2v) is 10.3. The van der Waals surface area contributed by atoms with Crippen LogP contribution in [0.2, 0.25) is 0 Å². The Morgan fingerprint density at radius 3 is 2.14 bits per heavy atom. The summed E-state index contributed by atoms with van der Waals surface area (Å²) in [5.41, 5.74) is 4.43. The lowest BCUT2D eigenvalue weighted by molar-refractivity contribution is 0.0734. The van der Waals surface area contributed by atoms with Crippen molar-refractivity contribution in [2.24, 2.45) is 0 Å². The molecule has 1 aliphatic rings. The lowest BCUT2D eigenvalue weighted by atomic mass is 10.0. The average molecular weight is 495 g/mol. The van der Waals surface area contributed by atoms with Gasteiger partial charge in [0, 0.05) is 6.54 Å². The topological polar surface area (TPSA) is 87.5 Å². The normalized spacial score (nSPS) is 12.9. The predicted molar refractivity (Wildman–Crippen MR) is 137 cm³/mol. The summed E-state index contributed by atoms with van der Waals surface area (Å²) >= 11 is 0. The van der Waals surface area contributed by atoms with Crippen LogP contribution in [0.15, 0.2) is 102 Å². The number of carbonyl (C=O) groups is 1. The fourth-order valence-electron chi connectivity index (χ4n) is 4.26.